The van der Waals surface area contributed by atoms with Crippen LogP contribution in [0.1, 0.15) is 15.9 Å². The third-order valence-electron chi connectivity index (χ3n) is 4.48. The number of rotatable bonds is 5. The van der Waals surface area contributed by atoms with Gasteiger partial charge in [0.25, 0.3) is 5.91 Å². The third-order valence-corrected chi connectivity index (χ3v) is 4.48. The number of nitrogens with one attached hydrogen (secondary N) is 2. The molecule has 0 aliphatic carbocycles. The standard InChI is InChI=1S/C22H16F3N5O4/c1-33-21(32)28-17-12-30-18(27-17)8-9-19(29-30)34-16-7-3-6-15(11-16)26-20(31)13-4-2-5-14(10-13)22(23,24)25/h2-12H,1H3,(H,26,31)(H,28,32). The minimum Gasteiger partial charge on any atom is -0.453 e. The molecule has 2 aromatic heterocycles. The van der Waals surface area contributed by atoms with Crippen LogP contribution in [0.25, 0.3) is 5.65 Å². The van der Waals surface area contributed by atoms with Crippen LogP contribution in [-0.4, -0.2) is 33.7 Å². The quantitative estimate of drug-likeness (QED) is 0.426. The second-order valence-electron chi connectivity index (χ2n) is 6.88. The van der Waals surface area contributed by atoms with Crippen LogP contribution in [0.5, 0.6) is 11.6 Å². The Bertz CT molecular complexity index is 1370. The molecule has 0 saturated carbocycles. The van der Waals surface area contributed by atoms with Gasteiger partial charge >= 0.3 is 12.3 Å². The van der Waals surface area contributed by atoms with E-state index >= 15 is 0 Å². The zero-order valence-corrected chi connectivity index (χ0v) is 17.5. The summed E-state index contributed by atoms with van der Waals surface area (Å²) >= 11 is 0. The Kier molecular flexibility index (Phi) is 6.04. The van der Waals surface area contributed by atoms with Gasteiger partial charge in [0.2, 0.25) is 5.88 Å². The number of amides is 2. The van der Waals surface area contributed by atoms with Crippen molar-refractivity contribution in [2.75, 3.05) is 17.7 Å². The minimum atomic E-state index is -4.55. The Morgan fingerprint density at radius 2 is 1.79 bits per heavy atom. The van der Waals surface area contributed by atoms with E-state index in [9.17, 15) is 22.8 Å². The molecule has 0 aliphatic heterocycles. The van der Waals surface area contributed by atoms with Crippen LogP contribution in [0.15, 0.2) is 66.9 Å². The van der Waals surface area contributed by atoms with Crippen molar-refractivity contribution in [3.8, 4) is 11.6 Å². The predicted octanol–water partition coefficient (Wildman–Crippen LogP) is 4.97. The van der Waals surface area contributed by atoms with Crippen LogP contribution in [0.3, 0.4) is 0 Å². The number of methoxy groups -OCH3 is 1. The number of halogens is 3. The maximum Gasteiger partial charge on any atom is 0.416 e. The van der Waals surface area contributed by atoms with Gasteiger partial charge in [-0.25, -0.2) is 14.3 Å². The molecule has 2 aromatic carbocycles. The molecule has 12 heteroatoms. The monoisotopic (exact) mass is 471 g/mol. The van der Waals surface area contributed by atoms with E-state index in [0.29, 0.717) is 17.1 Å². The molecule has 0 bridgehead atoms. The number of imidazole rings is 1. The number of carbonyl (C=O) groups excluding carboxylic acids is 2. The topological polar surface area (TPSA) is 107 Å². The van der Waals surface area contributed by atoms with E-state index in [2.05, 4.69) is 25.5 Å². The van der Waals surface area contributed by atoms with Crippen LogP contribution in [-0.2, 0) is 10.9 Å². The fourth-order valence-corrected chi connectivity index (χ4v) is 2.93. The van der Waals surface area contributed by atoms with Gasteiger partial charge in [-0.15, -0.1) is 5.10 Å². The highest BCUT2D eigenvalue weighted by molar-refractivity contribution is 6.04. The fraction of sp³-hybridized carbons (Fsp3) is 0.0909. The second-order valence-corrected chi connectivity index (χ2v) is 6.88. The van der Waals surface area contributed by atoms with Crippen LogP contribution < -0.4 is 15.4 Å². The van der Waals surface area contributed by atoms with Crippen molar-refractivity contribution in [3.05, 3.63) is 78.0 Å². The molecule has 0 spiro atoms. The van der Waals surface area contributed by atoms with Crippen LogP contribution in [0.4, 0.5) is 29.5 Å². The zero-order chi connectivity index (χ0) is 24.3. The number of aromatic nitrogens is 3. The number of carbonyl (C=O) groups is 2. The van der Waals surface area contributed by atoms with Gasteiger partial charge in [0, 0.05) is 23.4 Å². The number of fused-ring (bicyclic) bond motifs is 1. The van der Waals surface area contributed by atoms with E-state index in [1.54, 1.807) is 30.3 Å². The summed E-state index contributed by atoms with van der Waals surface area (Å²) in [6, 6.07) is 13.6. The van der Waals surface area contributed by atoms with Gasteiger partial charge in [-0.2, -0.15) is 13.2 Å². The highest BCUT2D eigenvalue weighted by Crippen LogP contribution is 2.30. The van der Waals surface area contributed by atoms with Gasteiger partial charge in [-0.1, -0.05) is 12.1 Å². The summed E-state index contributed by atoms with van der Waals surface area (Å²) in [5.41, 5.74) is -0.290. The fourth-order valence-electron chi connectivity index (χ4n) is 2.93. The maximum absolute atomic E-state index is 12.9. The lowest BCUT2D eigenvalue weighted by atomic mass is 10.1. The lowest BCUT2D eigenvalue weighted by Crippen LogP contribution is -2.13. The average Bonchev–Trinajstić information content (AvgIpc) is 3.20. The van der Waals surface area contributed by atoms with Crippen molar-refractivity contribution in [2.45, 2.75) is 6.18 Å². The molecule has 4 rings (SSSR count). The molecule has 0 saturated heterocycles. The van der Waals surface area contributed by atoms with Gasteiger partial charge in [0.05, 0.1) is 18.9 Å². The molecule has 0 unspecified atom stereocenters. The van der Waals surface area contributed by atoms with Gasteiger partial charge in [-0.05, 0) is 36.4 Å². The summed E-state index contributed by atoms with van der Waals surface area (Å²) in [6.45, 7) is 0. The van der Waals surface area contributed by atoms with Gasteiger partial charge in [0.15, 0.2) is 11.5 Å². The number of ether oxygens (including phenoxy) is 2. The SMILES string of the molecule is COC(=O)Nc1cn2nc(Oc3cccc(NC(=O)c4cccc(C(F)(F)F)c4)c3)ccc2n1. The smallest absolute Gasteiger partial charge is 0.416 e. The number of nitrogens with zero attached hydrogens (tertiary/aromatic N) is 3. The Labute approximate surface area is 190 Å². The highest BCUT2D eigenvalue weighted by atomic mass is 19.4. The largest absolute Gasteiger partial charge is 0.453 e. The average molecular weight is 471 g/mol. The van der Waals surface area contributed by atoms with Crippen molar-refractivity contribution in [3.63, 3.8) is 0 Å². The van der Waals surface area contributed by atoms with Crippen LogP contribution in [0, 0.1) is 0 Å². The molecule has 34 heavy (non-hydrogen) atoms. The van der Waals surface area contributed by atoms with E-state index in [0.717, 1.165) is 12.1 Å². The minimum absolute atomic E-state index is 0.134. The molecular weight excluding hydrogens is 455 g/mol. The molecule has 4 aromatic rings. The summed E-state index contributed by atoms with van der Waals surface area (Å²) in [4.78, 5) is 27.9. The number of hydrogen-bond donors (Lipinski definition) is 2. The third kappa shape index (κ3) is 5.23. The lowest BCUT2D eigenvalue weighted by Gasteiger charge is -2.10. The van der Waals surface area contributed by atoms with Crippen molar-refractivity contribution in [1.82, 2.24) is 14.6 Å². The first kappa shape index (κ1) is 22.6. The molecule has 0 fully saturated rings. The Hall–Kier alpha value is -4.61. The highest BCUT2D eigenvalue weighted by Gasteiger charge is 2.30. The lowest BCUT2D eigenvalue weighted by molar-refractivity contribution is -0.137. The molecule has 2 N–H and O–H groups in total. The number of anilines is 2. The van der Waals surface area contributed by atoms with Crippen molar-refractivity contribution >= 4 is 29.2 Å². The second kappa shape index (κ2) is 9.10. The molecule has 0 aliphatic rings. The normalized spacial score (nSPS) is 11.2. The summed E-state index contributed by atoms with van der Waals surface area (Å²) in [6.07, 6.45) is -3.77. The molecule has 0 atom stereocenters. The Morgan fingerprint density at radius 1 is 1.00 bits per heavy atom. The first-order valence-electron chi connectivity index (χ1n) is 9.69. The molecule has 2 heterocycles. The van der Waals surface area contributed by atoms with E-state index < -0.39 is 23.7 Å². The van der Waals surface area contributed by atoms with Crippen molar-refractivity contribution in [2.24, 2.45) is 0 Å². The first-order chi connectivity index (χ1) is 16.2. The van der Waals surface area contributed by atoms with Gasteiger partial charge in [0.1, 0.15) is 5.75 Å². The van der Waals surface area contributed by atoms with Gasteiger partial charge < -0.3 is 14.8 Å². The van der Waals surface area contributed by atoms with E-state index in [-0.39, 0.29) is 17.3 Å². The maximum atomic E-state index is 12.9. The first-order valence-corrected chi connectivity index (χ1v) is 9.69. The van der Waals surface area contributed by atoms with Gasteiger partial charge in [-0.3, -0.25) is 10.1 Å². The molecule has 0 radical (unpaired) electrons. The number of benzene rings is 2. The molecular formula is C22H16F3N5O4. The van der Waals surface area contributed by atoms with Crippen LogP contribution in [0.2, 0.25) is 0 Å². The summed E-state index contributed by atoms with van der Waals surface area (Å²) in [5.74, 6) is 0.0419. The summed E-state index contributed by atoms with van der Waals surface area (Å²) in [5, 5.41) is 9.21. The van der Waals surface area contributed by atoms with E-state index in [4.69, 9.17) is 4.74 Å². The van der Waals surface area contributed by atoms with Crippen molar-refractivity contribution < 1.29 is 32.2 Å². The number of hydrogen-bond acceptors (Lipinski definition) is 6. The molecule has 174 valence electrons. The Balaban J connectivity index is 1.48. The predicted molar refractivity (Wildman–Crippen MR) is 115 cm³/mol. The van der Waals surface area contributed by atoms with E-state index in [1.807, 2.05) is 0 Å². The number of alkyl halides is 3. The summed E-state index contributed by atoms with van der Waals surface area (Å²) in [7, 11) is 1.23. The van der Waals surface area contributed by atoms with Crippen LogP contribution >= 0.6 is 0 Å². The Morgan fingerprint density at radius 3 is 2.56 bits per heavy atom. The van der Waals surface area contributed by atoms with E-state index in [1.165, 1.54) is 36.0 Å². The molecule has 9 nitrogen and oxygen atoms in total. The summed E-state index contributed by atoms with van der Waals surface area (Å²) < 4.78 is 50.3. The molecule has 2 amide bonds. The van der Waals surface area contributed by atoms with Crippen molar-refractivity contribution in [1.29, 1.82) is 0 Å². The zero-order valence-electron chi connectivity index (χ0n) is 17.5.